The van der Waals surface area contributed by atoms with Gasteiger partial charge in [-0.25, -0.2) is 29.9 Å². The first kappa shape index (κ1) is 43.3. The molecule has 2 aliphatic heterocycles. The minimum atomic E-state index is 0.420. The first-order chi connectivity index (χ1) is 36.7. The average Bonchev–Trinajstić information content (AvgIpc) is 3.48. The Labute approximate surface area is 433 Å². The first-order valence-corrected chi connectivity index (χ1v) is 25.4. The number of nitrogens with zero attached hydrogens (tertiary/aromatic N) is 12. The lowest BCUT2D eigenvalue weighted by Gasteiger charge is -2.34. The lowest BCUT2D eigenvalue weighted by atomic mass is 9.95. The van der Waals surface area contributed by atoms with Crippen LogP contribution in [0, 0.1) is 0 Å². The summed E-state index contributed by atoms with van der Waals surface area (Å²) in [6.45, 7) is 0. The maximum Gasteiger partial charge on any atom is 0.182 e. The number of para-hydroxylation sites is 4. The normalized spacial score (nSPS) is 12.4. The van der Waals surface area contributed by atoms with E-state index in [1.165, 1.54) is 0 Å². The molecule has 12 aromatic rings. The Balaban J connectivity index is 1.14. The number of hydrogen-bond acceptors (Lipinski definition) is 14. The van der Waals surface area contributed by atoms with Crippen LogP contribution in [0.3, 0.4) is 0 Å². The first-order valence-electron chi connectivity index (χ1n) is 23.8. The van der Waals surface area contributed by atoms with Gasteiger partial charge in [-0.2, -0.15) is 0 Å². The maximum atomic E-state index is 5.36. The van der Waals surface area contributed by atoms with Crippen molar-refractivity contribution in [3.8, 4) is 68.6 Å². The van der Waals surface area contributed by atoms with Crippen LogP contribution in [0.1, 0.15) is 0 Å². The highest BCUT2D eigenvalue weighted by Crippen LogP contribution is 2.55. The van der Waals surface area contributed by atoms with Crippen molar-refractivity contribution in [1.82, 2.24) is 49.8 Å². The van der Waals surface area contributed by atoms with Gasteiger partial charge in [0.15, 0.2) is 34.9 Å². The molecule has 0 saturated carbocycles. The van der Waals surface area contributed by atoms with Gasteiger partial charge in [0.25, 0.3) is 0 Å². The Morgan fingerprint density at radius 1 is 0.311 bits per heavy atom. The van der Waals surface area contributed by atoms with Gasteiger partial charge in [0.1, 0.15) is 11.4 Å². The summed E-state index contributed by atoms with van der Waals surface area (Å²) in [6.07, 6.45) is 10.5. The van der Waals surface area contributed by atoms with E-state index in [4.69, 9.17) is 39.9 Å². The van der Waals surface area contributed by atoms with E-state index in [-0.39, 0.29) is 0 Å². The van der Waals surface area contributed by atoms with Gasteiger partial charge in [-0.1, -0.05) is 84.2 Å². The number of pyridine rings is 4. The largest absolute Gasteiger partial charge is 0.308 e. The van der Waals surface area contributed by atoms with E-state index >= 15 is 0 Å². The molecule has 0 bridgehead atoms. The SMILES string of the molecule is c1ccc(-c2nc(-c3cccnc3)nc(-c3cc(N4c5ccccc5Sc5ccccc54)cc4c(-c5nc(-c6cccnc6)nc(-c6ccccn6)n5)cc(N5c6ccccc6Sc6ccccc65)cc34)n2)nc1. The van der Waals surface area contributed by atoms with Gasteiger partial charge < -0.3 is 9.80 Å². The zero-order valence-electron chi connectivity index (χ0n) is 39.0. The molecule has 0 fully saturated rings. The number of anilines is 6. The van der Waals surface area contributed by atoms with Crippen molar-refractivity contribution >= 4 is 68.4 Å². The van der Waals surface area contributed by atoms with Gasteiger partial charge in [0.2, 0.25) is 0 Å². The quantitative estimate of drug-likeness (QED) is 0.143. The molecule has 6 aromatic heterocycles. The monoisotopic (exact) mass is 988 g/mol. The zero-order chi connectivity index (χ0) is 49.0. The second-order valence-electron chi connectivity index (χ2n) is 17.4. The van der Waals surface area contributed by atoms with Crippen molar-refractivity contribution in [2.45, 2.75) is 19.6 Å². The topological polar surface area (TPSA) is 135 Å². The number of aromatic nitrogens is 10. The van der Waals surface area contributed by atoms with E-state index in [0.717, 1.165) is 86.7 Å². The third-order valence-corrected chi connectivity index (χ3v) is 15.1. The summed E-state index contributed by atoms with van der Waals surface area (Å²) in [5, 5.41) is 1.70. The van der Waals surface area contributed by atoms with Crippen LogP contribution in [0.25, 0.3) is 79.4 Å². The van der Waals surface area contributed by atoms with Crippen LogP contribution in [0.4, 0.5) is 34.1 Å². The molecule has 8 heterocycles. The van der Waals surface area contributed by atoms with Crippen molar-refractivity contribution < 1.29 is 0 Å². The number of fused-ring (bicyclic) bond motifs is 5. The van der Waals surface area contributed by atoms with Crippen molar-refractivity contribution in [2.24, 2.45) is 0 Å². The van der Waals surface area contributed by atoms with E-state index in [9.17, 15) is 0 Å². The summed E-state index contributed by atoms with van der Waals surface area (Å²) in [4.78, 5) is 59.1. The Hall–Kier alpha value is -9.50. The minimum absolute atomic E-state index is 0.420. The fourth-order valence-electron chi connectivity index (χ4n) is 9.49. The lowest BCUT2D eigenvalue weighted by molar-refractivity contribution is 1.05. The van der Waals surface area contributed by atoms with Crippen LogP contribution in [0.5, 0.6) is 0 Å². The third-order valence-electron chi connectivity index (χ3n) is 12.8. The molecule has 0 amide bonds. The molecule has 14 rings (SSSR count). The van der Waals surface area contributed by atoms with Gasteiger partial charge in [0.05, 0.1) is 22.7 Å². The molecule has 14 heteroatoms. The number of rotatable bonds is 8. The molecule has 0 saturated heterocycles. The van der Waals surface area contributed by atoms with Crippen LogP contribution < -0.4 is 9.80 Å². The summed E-state index contributed by atoms with van der Waals surface area (Å²) in [6, 6.07) is 62.1. The Bertz CT molecular complexity index is 3640. The molecule has 0 N–H and O–H groups in total. The van der Waals surface area contributed by atoms with Gasteiger partial charge in [0, 0.05) is 90.4 Å². The van der Waals surface area contributed by atoms with Crippen LogP contribution in [-0.2, 0) is 0 Å². The summed E-state index contributed by atoms with van der Waals surface area (Å²) < 4.78 is 0. The molecular weight excluding hydrogens is 953 g/mol. The third kappa shape index (κ3) is 7.76. The molecule has 6 aromatic carbocycles. The van der Waals surface area contributed by atoms with Crippen molar-refractivity contribution in [3.63, 3.8) is 0 Å². The second-order valence-corrected chi connectivity index (χ2v) is 19.5. The Kier molecular flexibility index (Phi) is 10.7. The van der Waals surface area contributed by atoms with E-state index in [2.05, 4.69) is 141 Å². The number of hydrogen-bond donors (Lipinski definition) is 0. The Morgan fingerprint density at radius 3 is 1.04 bits per heavy atom. The minimum Gasteiger partial charge on any atom is -0.308 e. The van der Waals surface area contributed by atoms with E-state index in [0.29, 0.717) is 46.3 Å². The van der Waals surface area contributed by atoms with E-state index < -0.39 is 0 Å². The molecule has 0 radical (unpaired) electrons. The van der Waals surface area contributed by atoms with Crippen LogP contribution in [0.2, 0.25) is 0 Å². The van der Waals surface area contributed by atoms with Crippen LogP contribution in [-0.4, -0.2) is 49.8 Å². The fraction of sp³-hybridized carbons (Fsp3) is 0. The molecule has 74 heavy (non-hydrogen) atoms. The second kappa shape index (κ2) is 18.3. The molecule has 12 nitrogen and oxygen atoms in total. The molecule has 0 spiro atoms. The Morgan fingerprint density at radius 2 is 0.676 bits per heavy atom. The average molecular weight is 989 g/mol. The summed E-state index contributed by atoms with van der Waals surface area (Å²) in [5.74, 6) is 2.64. The van der Waals surface area contributed by atoms with Crippen molar-refractivity contribution in [3.05, 3.63) is 219 Å². The van der Waals surface area contributed by atoms with Crippen molar-refractivity contribution in [1.29, 1.82) is 0 Å². The van der Waals surface area contributed by atoms with Crippen molar-refractivity contribution in [2.75, 3.05) is 9.80 Å². The van der Waals surface area contributed by atoms with Gasteiger partial charge in [-0.3, -0.25) is 19.9 Å². The van der Waals surface area contributed by atoms with E-state index in [1.807, 2.05) is 60.7 Å². The highest BCUT2D eigenvalue weighted by molar-refractivity contribution is 8.00. The highest BCUT2D eigenvalue weighted by Gasteiger charge is 2.30. The summed E-state index contributed by atoms with van der Waals surface area (Å²) in [5.41, 5.74) is 10.1. The summed E-state index contributed by atoms with van der Waals surface area (Å²) >= 11 is 3.51. The molecule has 0 atom stereocenters. The molecule has 0 aliphatic carbocycles. The van der Waals surface area contributed by atoms with Crippen LogP contribution >= 0.6 is 23.5 Å². The fourth-order valence-corrected chi connectivity index (χ4v) is 11.6. The smallest absolute Gasteiger partial charge is 0.182 e. The molecular formula is C60H36N12S2. The maximum absolute atomic E-state index is 5.36. The van der Waals surface area contributed by atoms with Gasteiger partial charge in [-0.15, -0.1) is 0 Å². The lowest BCUT2D eigenvalue weighted by Crippen LogP contribution is -2.16. The standard InChI is InChI=1S/C60H36N12S2/c1-5-23-51-47(19-1)71(48-20-2-6-24-52(48)73-51)39-31-41-42(43(33-39)57-65-55(37-15-13-27-61-35-37)67-59(69-57)45-17-9-11-29-63-45)32-40(72-49-21-3-7-25-53(49)74-54-26-8-4-22-50(54)72)34-44(41)58-66-56(38-16-14-28-62-36-38)68-60(70-58)46-18-10-12-30-64-46/h1-36H. The van der Waals surface area contributed by atoms with Gasteiger partial charge >= 0.3 is 0 Å². The number of benzene rings is 6. The highest BCUT2D eigenvalue weighted by atomic mass is 32.2. The molecule has 348 valence electrons. The zero-order valence-corrected chi connectivity index (χ0v) is 40.6. The summed E-state index contributed by atoms with van der Waals surface area (Å²) in [7, 11) is 0. The van der Waals surface area contributed by atoms with E-state index in [1.54, 1.807) is 60.7 Å². The van der Waals surface area contributed by atoms with Gasteiger partial charge in [-0.05, 0) is 132 Å². The predicted octanol–water partition coefficient (Wildman–Crippen LogP) is 14.7. The van der Waals surface area contributed by atoms with Crippen LogP contribution in [0.15, 0.2) is 239 Å². The molecule has 0 unspecified atom stereocenters. The predicted molar refractivity (Wildman–Crippen MR) is 292 cm³/mol. The molecule has 2 aliphatic rings.